The number of nitrogens with zero attached hydrogens (tertiary/aromatic N) is 1. The highest BCUT2D eigenvalue weighted by molar-refractivity contribution is 7.85. The molecule has 1 aliphatic carbocycles. The van der Waals surface area contributed by atoms with Crippen molar-refractivity contribution in [3.05, 3.63) is 0 Å². The third kappa shape index (κ3) is 9.08. The van der Waals surface area contributed by atoms with E-state index in [0.29, 0.717) is 0 Å². The molecule has 1 saturated carbocycles. The van der Waals surface area contributed by atoms with Gasteiger partial charge in [-0.3, -0.25) is 4.55 Å². The van der Waals surface area contributed by atoms with Crippen molar-refractivity contribution in [2.24, 2.45) is 0 Å². The molecule has 0 atom stereocenters. The molecule has 0 amide bonds. The van der Waals surface area contributed by atoms with Gasteiger partial charge in [-0.2, -0.15) is 8.42 Å². The van der Waals surface area contributed by atoms with Crippen molar-refractivity contribution in [3.8, 4) is 0 Å². The van der Waals surface area contributed by atoms with Crippen LogP contribution in [0.25, 0.3) is 0 Å². The molecule has 6 heteroatoms. The summed E-state index contributed by atoms with van der Waals surface area (Å²) in [7, 11) is 0.457. The zero-order valence-electron chi connectivity index (χ0n) is 10.1. The van der Waals surface area contributed by atoms with Crippen LogP contribution in [-0.4, -0.2) is 55.5 Å². The lowest BCUT2D eigenvalue weighted by molar-refractivity contribution is 0.229. The minimum Gasteiger partial charge on any atom is -0.395 e. The monoisotopic (exact) mass is 253 g/mol. The van der Waals surface area contributed by atoms with E-state index in [2.05, 4.69) is 19.0 Å². The zero-order valence-corrected chi connectivity index (χ0v) is 10.9. The normalized spacial score (nSPS) is 18.1. The van der Waals surface area contributed by atoms with Gasteiger partial charge in [-0.1, -0.05) is 19.3 Å². The van der Waals surface area contributed by atoms with Crippen molar-refractivity contribution in [3.63, 3.8) is 0 Å². The average molecular weight is 253 g/mol. The van der Waals surface area contributed by atoms with Gasteiger partial charge in [-0.25, -0.2) is 0 Å². The summed E-state index contributed by atoms with van der Waals surface area (Å²) in [4.78, 5) is 2.36. The van der Waals surface area contributed by atoms with Gasteiger partial charge in [0.25, 0.3) is 10.1 Å². The highest BCUT2D eigenvalue weighted by Gasteiger charge is 2.13. The van der Waals surface area contributed by atoms with Gasteiger partial charge in [0.2, 0.25) is 0 Å². The second-order valence-corrected chi connectivity index (χ2v) is 5.84. The Morgan fingerprint density at radius 3 is 1.88 bits per heavy atom. The lowest BCUT2D eigenvalue weighted by Gasteiger charge is -2.27. The SMILES string of the molecule is CN(C)C1CCCCC1.O=S(=O)(O)CCO. The molecule has 2 N–H and O–H groups in total. The Morgan fingerprint density at radius 2 is 1.69 bits per heavy atom. The van der Waals surface area contributed by atoms with Crippen LogP contribution in [0.3, 0.4) is 0 Å². The molecule has 0 heterocycles. The molecule has 0 aliphatic heterocycles. The van der Waals surface area contributed by atoms with Gasteiger partial charge < -0.3 is 10.0 Å². The fourth-order valence-electron chi connectivity index (χ4n) is 1.71. The van der Waals surface area contributed by atoms with Gasteiger partial charge in [0.05, 0.1) is 12.4 Å². The Labute approximate surface area is 98.2 Å². The molecule has 5 nitrogen and oxygen atoms in total. The molecule has 1 fully saturated rings. The van der Waals surface area contributed by atoms with Crippen LogP contribution in [-0.2, 0) is 10.1 Å². The minimum atomic E-state index is -3.92. The van der Waals surface area contributed by atoms with Gasteiger partial charge in [0.15, 0.2) is 0 Å². The molecule has 1 aliphatic rings. The molecule has 0 aromatic carbocycles. The third-order valence-corrected chi connectivity index (χ3v) is 3.35. The summed E-state index contributed by atoms with van der Waals surface area (Å²) in [5, 5.41) is 7.86. The largest absolute Gasteiger partial charge is 0.395 e. The lowest BCUT2D eigenvalue weighted by Crippen LogP contribution is -2.29. The van der Waals surface area contributed by atoms with E-state index in [-0.39, 0.29) is 0 Å². The molecule has 0 aromatic heterocycles. The van der Waals surface area contributed by atoms with Crippen molar-refractivity contribution in [1.29, 1.82) is 0 Å². The number of aliphatic hydroxyl groups is 1. The number of rotatable bonds is 3. The van der Waals surface area contributed by atoms with E-state index in [0.717, 1.165) is 6.04 Å². The number of aliphatic hydroxyl groups excluding tert-OH is 1. The third-order valence-electron chi connectivity index (χ3n) is 2.65. The quantitative estimate of drug-likeness (QED) is 0.726. The van der Waals surface area contributed by atoms with E-state index < -0.39 is 22.5 Å². The fraction of sp³-hybridized carbons (Fsp3) is 1.00. The van der Waals surface area contributed by atoms with Crippen molar-refractivity contribution in [1.82, 2.24) is 4.90 Å². The van der Waals surface area contributed by atoms with Gasteiger partial charge in [0.1, 0.15) is 0 Å². The topological polar surface area (TPSA) is 77.8 Å². The van der Waals surface area contributed by atoms with Crippen LogP contribution < -0.4 is 0 Å². The lowest BCUT2D eigenvalue weighted by atomic mass is 9.95. The molecular weight excluding hydrogens is 230 g/mol. The smallest absolute Gasteiger partial charge is 0.267 e. The predicted molar refractivity (Wildman–Crippen MR) is 64.1 cm³/mol. The van der Waals surface area contributed by atoms with E-state index in [1.165, 1.54) is 32.1 Å². The minimum absolute atomic E-state index is 0.529. The van der Waals surface area contributed by atoms with Crippen molar-refractivity contribution >= 4 is 10.1 Å². The van der Waals surface area contributed by atoms with Crippen LogP contribution in [0.15, 0.2) is 0 Å². The summed E-state index contributed by atoms with van der Waals surface area (Å²) in [6.45, 7) is -0.529. The first-order chi connectivity index (χ1) is 7.37. The van der Waals surface area contributed by atoms with E-state index >= 15 is 0 Å². The van der Waals surface area contributed by atoms with E-state index in [1.54, 1.807) is 0 Å². The Morgan fingerprint density at radius 1 is 1.19 bits per heavy atom. The molecule has 0 saturated heterocycles. The van der Waals surface area contributed by atoms with Crippen LogP contribution in [0.4, 0.5) is 0 Å². The van der Waals surface area contributed by atoms with Crippen LogP contribution in [0.1, 0.15) is 32.1 Å². The van der Waals surface area contributed by atoms with Gasteiger partial charge in [0, 0.05) is 6.04 Å². The Kier molecular flexibility index (Phi) is 7.91. The summed E-state index contributed by atoms with van der Waals surface area (Å²) in [6, 6.07) is 0.888. The van der Waals surface area contributed by atoms with Gasteiger partial charge in [-0.15, -0.1) is 0 Å². The summed E-state index contributed by atoms with van der Waals surface area (Å²) in [5.74, 6) is -0.576. The maximum absolute atomic E-state index is 9.63. The van der Waals surface area contributed by atoms with E-state index in [9.17, 15) is 8.42 Å². The van der Waals surface area contributed by atoms with Crippen molar-refractivity contribution < 1.29 is 18.1 Å². The molecule has 98 valence electrons. The van der Waals surface area contributed by atoms with Crippen LogP contribution in [0.2, 0.25) is 0 Å². The highest BCUT2D eigenvalue weighted by atomic mass is 32.2. The Balaban J connectivity index is 0.000000293. The van der Waals surface area contributed by atoms with Crippen LogP contribution in [0.5, 0.6) is 0 Å². The Bertz CT molecular complexity index is 258. The summed E-state index contributed by atoms with van der Waals surface area (Å²) in [5.41, 5.74) is 0. The van der Waals surface area contributed by atoms with E-state index in [1.807, 2.05) is 0 Å². The summed E-state index contributed by atoms with van der Waals surface area (Å²) in [6.07, 6.45) is 7.20. The first kappa shape index (κ1) is 15.8. The molecular formula is C10H23NO4S. The van der Waals surface area contributed by atoms with Gasteiger partial charge in [-0.05, 0) is 26.9 Å². The van der Waals surface area contributed by atoms with Crippen molar-refractivity contribution in [2.45, 2.75) is 38.1 Å². The summed E-state index contributed by atoms with van der Waals surface area (Å²) >= 11 is 0. The number of hydrogen-bond acceptors (Lipinski definition) is 4. The summed E-state index contributed by atoms with van der Waals surface area (Å²) < 4.78 is 27.1. The second-order valence-electron chi connectivity index (χ2n) is 4.27. The predicted octanol–water partition coefficient (Wildman–Crippen LogP) is 0.747. The van der Waals surface area contributed by atoms with Crippen LogP contribution in [0, 0.1) is 0 Å². The standard InChI is InChI=1S/C8H17N.C2H6O4S/c1-9(2)8-6-4-3-5-7-8;3-1-2-7(4,5)6/h8H,3-7H2,1-2H3;3H,1-2H2,(H,4,5,6). The Hall–Kier alpha value is -0.170. The first-order valence-corrected chi connectivity index (χ1v) is 7.20. The molecule has 0 bridgehead atoms. The van der Waals surface area contributed by atoms with Crippen LogP contribution >= 0.6 is 0 Å². The maximum Gasteiger partial charge on any atom is 0.267 e. The number of hydrogen-bond donors (Lipinski definition) is 2. The molecule has 0 radical (unpaired) electrons. The molecule has 16 heavy (non-hydrogen) atoms. The molecule has 0 aromatic rings. The second kappa shape index (κ2) is 8.00. The van der Waals surface area contributed by atoms with E-state index in [4.69, 9.17) is 9.66 Å². The zero-order chi connectivity index (χ0) is 12.6. The highest BCUT2D eigenvalue weighted by Crippen LogP contribution is 2.20. The molecule has 0 spiro atoms. The molecule has 0 unspecified atom stereocenters. The fourth-order valence-corrected chi connectivity index (χ4v) is 1.94. The molecule has 1 rings (SSSR count). The van der Waals surface area contributed by atoms with Crippen molar-refractivity contribution in [2.75, 3.05) is 26.5 Å². The first-order valence-electron chi connectivity index (χ1n) is 5.59. The van der Waals surface area contributed by atoms with Gasteiger partial charge >= 0.3 is 0 Å². The maximum atomic E-state index is 9.63. The average Bonchev–Trinajstić information content (AvgIpc) is 2.18.